The summed E-state index contributed by atoms with van der Waals surface area (Å²) in [5.74, 6) is 0.514. The highest BCUT2D eigenvalue weighted by Gasteiger charge is 2.10. The zero-order valence-electron chi connectivity index (χ0n) is 15.4. The van der Waals surface area contributed by atoms with Gasteiger partial charge in [-0.05, 0) is 48.5 Å². The van der Waals surface area contributed by atoms with Gasteiger partial charge in [-0.15, -0.1) is 6.58 Å². The van der Waals surface area contributed by atoms with Crippen molar-refractivity contribution in [3.63, 3.8) is 0 Å². The Morgan fingerprint density at radius 1 is 1.07 bits per heavy atom. The third kappa shape index (κ3) is 4.17. The first kappa shape index (κ1) is 18.8. The first-order valence-corrected chi connectivity index (χ1v) is 9.77. The number of carbonyl (C=O) groups excluding carboxylic acids is 1. The third-order valence-electron chi connectivity index (χ3n) is 4.21. The molecule has 4 rings (SSSR count). The Morgan fingerprint density at radius 3 is 2.66 bits per heavy atom. The number of allylic oxidation sites excluding steroid dienone is 1. The van der Waals surface area contributed by atoms with Crippen LogP contribution in [0.4, 0.5) is 4.39 Å². The average molecular weight is 404 g/mol. The second-order valence-electron chi connectivity index (χ2n) is 6.26. The van der Waals surface area contributed by atoms with Gasteiger partial charge in [-0.1, -0.05) is 41.7 Å². The van der Waals surface area contributed by atoms with Gasteiger partial charge in [0.05, 0.1) is 10.2 Å². The van der Waals surface area contributed by atoms with E-state index in [-0.39, 0.29) is 5.82 Å². The summed E-state index contributed by atoms with van der Waals surface area (Å²) in [6, 6.07) is 20.7. The van der Waals surface area contributed by atoms with Crippen LogP contribution in [-0.4, -0.2) is 10.5 Å². The third-order valence-corrected chi connectivity index (χ3v) is 5.25. The highest BCUT2D eigenvalue weighted by Crippen LogP contribution is 2.22. The SMILES string of the molecule is C=CCn1c(=NC(=O)c2cccc(Oc3ccccc3)c2)sc2cc(F)ccc21. The maximum Gasteiger partial charge on any atom is 0.279 e. The van der Waals surface area contributed by atoms with Gasteiger partial charge in [-0.3, -0.25) is 4.79 Å². The molecule has 0 saturated carbocycles. The van der Waals surface area contributed by atoms with E-state index in [2.05, 4.69) is 11.6 Å². The van der Waals surface area contributed by atoms with Gasteiger partial charge in [0.1, 0.15) is 17.3 Å². The Bertz CT molecular complexity index is 1260. The van der Waals surface area contributed by atoms with E-state index >= 15 is 0 Å². The highest BCUT2D eigenvalue weighted by atomic mass is 32.1. The van der Waals surface area contributed by atoms with Gasteiger partial charge in [0.25, 0.3) is 5.91 Å². The smallest absolute Gasteiger partial charge is 0.279 e. The van der Waals surface area contributed by atoms with Crippen LogP contribution in [0, 0.1) is 5.82 Å². The summed E-state index contributed by atoms with van der Waals surface area (Å²) in [6.07, 6.45) is 1.72. The molecule has 0 aliphatic rings. The maximum absolute atomic E-state index is 13.6. The van der Waals surface area contributed by atoms with Crippen LogP contribution in [0.5, 0.6) is 11.5 Å². The van der Waals surface area contributed by atoms with Crippen LogP contribution in [0.3, 0.4) is 0 Å². The zero-order valence-corrected chi connectivity index (χ0v) is 16.2. The Kier molecular flexibility index (Phi) is 5.35. The molecule has 144 valence electrons. The monoisotopic (exact) mass is 404 g/mol. The van der Waals surface area contributed by atoms with Gasteiger partial charge < -0.3 is 9.30 Å². The molecule has 0 saturated heterocycles. The van der Waals surface area contributed by atoms with Crippen molar-refractivity contribution >= 4 is 27.5 Å². The minimum absolute atomic E-state index is 0.326. The molecule has 4 nitrogen and oxygen atoms in total. The second-order valence-corrected chi connectivity index (χ2v) is 7.26. The van der Waals surface area contributed by atoms with Crippen molar-refractivity contribution in [2.45, 2.75) is 6.54 Å². The molecule has 4 aromatic rings. The number of amides is 1. The molecule has 29 heavy (non-hydrogen) atoms. The molecule has 6 heteroatoms. The molecule has 0 aliphatic heterocycles. The van der Waals surface area contributed by atoms with Crippen molar-refractivity contribution in [1.82, 2.24) is 4.57 Å². The number of hydrogen-bond donors (Lipinski definition) is 0. The number of thiazole rings is 1. The molecule has 3 aromatic carbocycles. The summed E-state index contributed by atoms with van der Waals surface area (Å²) in [6.45, 7) is 4.22. The first-order chi connectivity index (χ1) is 14.1. The van der Waals surface area contributed by atoms with E-state index < -0.39 is 5.91 Å². The fourth-order valence-corrected chi connectivity index (χ4v) is 3.97. The van der Waals surface area contributed by atoms with Crippen molar-refractivity contribution in [2.75, 3.05) is 0 Å². The van der Waals surface area contributed by atoms with E-state index in [1.54, 1.807) is 36.4 Å². The number of ether oxygens (including phenoxy) is 1. The quantitative estimate of drug-likeness (QED) is 0.409. The molecule has 1 aromatic heterocycles. The number of benzene rings is 3. The molecular formula is C23H17FN2O2S. The fourth-order valence-electron chi connectivity index (χ4n) is 2.91. The van der Waals surface area contributed by atoms with Gasteiger partial charge in [0.15, 0.2) is 4.80 Å². The molecule has 0 spiro atoms. The largest absolute Gasteiger partial charge is 0.457 e. The van der Waals surface area contributed by atoms with Crippen LogP contribution >= 0.6 is 11.3 Å². The maximum atomic E-state index is 13.6. The molecule has 0 bridgehead atoms. The van der Waals surface area contributed by atoms with Crippen molar-refractivity contribution in [3.8, 4) is 11.5 Å². The Hall–Kier alpha value is -3.51. The number of carbonyl (C=O) groups is 1. The van der Waals surface area contributed by atoms with Crippen LogP contribution in [-0.2, 0) is 6.54 Å². The van der Waals surface area contributed by atoms with Crippen molar-refractivity contribution in [3.05, 3.63) is 102 Å². The van der Waals surface area contributed by atoms with Crippen LogP contribution in [0.2, 0.25) is 0 Å². The fraction of sp³-hybridized carbons (Fsp3) is 0.0435. The van der Waals surface area contributed by atoms with E-state index in [9.17, 15) is 9.18 Å². The van der Waals surface area contributed by atoms with E-state index in [4.69, 9.17) is 4.74 Å². The number of aromatic nitrogens is 1. The summed E-state index contributed by atoms with van der Waals surface area (Å²) in [4.78, 5) is 17.6. The van der Waals surface area contributed by atoms with Crippen LogP contribution in [0.25, 0.3) is 10.2 Å². The topological polar surface area (TPSA) is 43.6 Å². The summed E-state index contributed by atoms with van der Waals surface area (Å²) >= 11 is 1.26. The van der Waals surface area contributed by atoms with Gasteiger partial charge in [0, 0.05) is 12.1 Å². The molecular weight excluding hydrogens is 387 g/mol. The molecule has 1 heterocycles. The van der Waals surface area contributed by atoms with Gasteiger partial charge in [-0.2, -0.15) is 4.99 Å². The van der Waals surface area contributed by atoms with E-state index in [1.165, 1.54) is 23.5 Å². The predicted octanol–water partition coefficient (Wildman–Crippen LogP) is 5.56. The number of rotatable bonds is 5. The Balaban J connectivity index is 1.70. The molecule has 0 unspecified atom stereocenters. The Morgan fingerprint density at radius 2 is 1.86 bits per heavy atom. The van der Waals surface area contributed by atoms with E-state index in [0.29, 0.717) is 28.4 Å². The highest BCUT2D eigenvalue weighted by molar-refractivity contribution is 7.16. The number of fused-ring (bicyclic) bond motifs is 1. The summed E-state index contributed by atoms with van der Waals surface area (Å²) in [5, 5.41) is 0. The van der Waals surface area contributed by atoms with Crippen molar-refractivity contribution in [1.29, 1.82) is 0 Å². The van der Waals surface area contributed by atoms with Gasteiger partial charge in [0.2, 0.25) is 0 Å². The molecule has 0 atom stereocenters. The zero-order chi connectivity index (χ0) is 20.2. The lowest BCUT2D eigenvalue weighted by Crippen LogP contribution is -2.16. The normalized spacial score (nSPS) is 11.6. The average Bonchev–Trinajstić information content (AvgIpc) is 3.05. The minimum Gasteiger partial charge on any atom is -0.457 e. The number of para-hydroxylation sites is 1. The van der Waals surface area contributed by atoms with Crippen LogP contribution < -0.4 is 9.54 Å². The van der Waals surface area contributed by atoms with Crippen LogP contribution in [0.1, 0.15) is 10.4 Å². The van der Waals surface area contributed by atoms with Crippen molar-refractivity contribution in [2.24, 2.45) is 4.99 Å². The van der Waals surface area contributed by atoms with Crippen LogP contribution in [0.15, 0.2) is 90.4 Å². The minimum atomic E-state index is -0.395. The summed E-state index contributed by atoms with van der Waals surface area (Å²) < 4.78 is 21.9. The van der Waals surface area contributed by atoms with Crippen molar-refractivity contribution < 1.29 is 13.9 Å². The first-order valence-electron chi connectivity index (χ1n) is 8.96. The van der Waals surface area contributed by atoms with E-state index in [1.807, 2.05) is 34.9 Å². The lowest BCUT2D eigenvalue weighted by molar-refractivity contribution is 0.0997. The lowest BCUT2D eigenvalue weighted by Gasteiger charge is -2.06. The summed E-state index contributed by atoms with van der Waals surface area (Å²) in [7, 11) is 0. The van der Waals surface area contributed by atoms with E-state index in [0.717, 1.165) is 10.2 Å². The summed E-state index contributed by atoms with van der Waals surface area (Å²) in [5.41, 5.74) is 1.22. The number of nitrogens with zero attached hydrogens (tertiary/aromatic N) is 2. The molecule has 0 fully saturated rings. The second kappa shape index (κ2) is 8.24. The molecule has 0 aliphatic carbocycles. The van der Waals surface area contributed by atoms with Gasteiger partial charge in [-0.25, -0.2) is 4.39 Å². The number of hydrogen-bond acceptors (Lipinski definition) is 3. The lowest BCUT2D eigenvalue weighted by atomic mass is 10.2. The molecule has 1 amide bonds. The molecule has 0 N–H and O–H groups in total. The van der Waals surface area contributed by atoms with Gasteiger partial charge >= 0.3 is 0 Å². The standard InChI is InChI=1S/C23H17FN2O2S/c1-2-13-26-20-12-11-17(24)15-21(20)29-23(26)25-22(27)16-7-6-10-19(14-16)28-18-8-4-3-5-9-18/h2-12,14-15H,1,13H2. The Labute approximate surface area is 170 Å². The number of halogens is 1. The predicted molar refractivity (Wildman–Crippen MR) is 113 cm³/mol. The molecule has 0 radical (unpaired) electrons.